The van der Waals surface area contributed by atoms with Crippen LogP contribution >= 0.6 is 0 Å². The molecule has 3 nitrogen and oxygen atoms in total. The van der Waals surface area contributed by atoms with Crippen LogP contribution in [0.5, 0.6) is 0 Å². The van der Waals surface area contributed by atoms with Gasteiger partial charge < -0.3 is 9.88 Å². The molecule has 2 heterocycles. The van der Waals surface area contributed by atoms with Crippen molar-refractivity contribution in [3.05, 3.63) is 11.4 Å². The maximum atomic E-state index is 4.34. The molecule has 1 aromatic heterocycles. The molecule has 0 unspecified atom stereocenters. The van der Waals surface area contributed by atoms with E-state index in [9.17, 15) is 0 Å². The van der Waals surface area contributed by atoms with E-state index in [2.05, 4.69) is 21.8 Å². The van der Waals surface area contributed by atoms with Crippen LogP contribution in [-0.4, -0.2) is 16.1 Å². The lowest BCUT2D eigenvalue weighted by atomic mass is 10.4. The summed E-state index contributed by atoms with van der Waals surface area (Å²) in [7, 11) is 0. The van der Waals surface area contributed by atoms with Crippen LogP contribution in [0.3, 0.4) is 0 Å². The Morgan fingerprint density at radius 1 is 1.42 bits per heavy atom. The third kappa shape index (κ3) is 1.31. The van der Waals surface area contributed by atoms with E-state index >= 15 is 0 Å². The molecule has 1 aliphatic heterocycles. The summed E-state index contributed by atoms with van der Waals surface area (Å²) in [6, 6.07) is 0. The Hall–Kier alpha value is -0.990. The maximum absolute atomic E-state index is 4.34. The summed E-state index contributed by atoms with van der Waals surface area (Å²) in [6.45, 7) is 10.3. The average molecular weight is 169 g/mol. The van der Waals surface area contributed by atoms with Gasteiger partial charge >= 0.3 is 0 Å². The molecule has 0 bridgehead atoms. The number of fused-ring (bicyclic) bond motifs is 1. The molecule has 0 saturated carbocycles. The molecule has 0 spiro atoms. The lowest BCUT2D eigenvalue weighted by molar-refractivity contribution is 0.779. The van der Waals surface area contributed by atoms with Crippen molar-refractivity contribution in [2.24, 2.45) is 0 Å². The monoisotopic (exact) mass is 169 g/mol. The van der Waals surface area contributed by atoms with Crippen LogP contribution in [0, 0.1) is 13.8 Å². The van der Waals surface area contributed by atoms with E-state index in [0.717, 1.165) is 24.7 Å². The fourth-order valence-corrected chi connectivity index (χ4v) is 1.34. The van der Waals surface area contributed by atoms with E-state index in [1.807, 2.05) is 20.8 Å². The van der Waals surface area contributed by atoms with Crippen molar-refractivity contribution in [3.63, 3.8) is 0 Å². The molecule has 1 aromatic rings. The molecule has 0 atom stereocenters. The second-order valence-electron chi connectivity index (χ2n) is 2.68. The normalized spacial score (nSPS) is 13.0. The summed E-state index contributed by atoms with van der Waals surface area (Å²) in [5, 5.41) is 3.21. The second kappa shape index (κ2) is 3.61. The Morgan fingerprint density at radius 2 is 2.08 bits per heavy atom. The number of imidazole rings is 1. The zero-order chi connectivity index (χ0) is 9.14. The number of hydrogen-bond donors (Lipinski definition) is 1. The van der Waals surface area contributed by atoms with Crippen molar-refractivity contribution in [2.75, 3.05) is 11.9 Å². The van der Waals surface area contributed by atoms with E-state index in [1.165, 1.54) is 5.69 Å². The quantitative estimate of drug-likeness (QED) is 0.645. The molecule has 0 radical (unpaired) electrons. The SMILES string of the molecule is CC.Cc1nc2n(c1C)CCN2.[HH]. The van der Waals surface area contributed by atoms with Crippen molar-refractivity contribution in [1.29, 1.82) is 0 Å². The van der Waals surface area contributed by atoms with Crippen LogP contribution in [0.1, 0.15) is 26.7 Å². The summed E-state index contributed by atoms with van der Waals surface area (Å²) in [5.41, 5.74) is 2.43. The molecule has 1 N–H and O–H groups in total. The first-order valence-corrected chi connectivity index (χ1v) is 4.56. The van der Waals surface area contributed by atoms with Gasteiger partial charge in [0, 0.05) is 20.2 Å². The zero-order valence-corrected chi connectivity index (χ0v) is 8.31. The Balaban J connectivity index is 0.000000451. The third-order valence-corrected chi connectivity index (χ3v) is 2.08. The van der Waals surface area contributed by atoms with Gasteiger partial charge in [-0.15, -0.1) is 0 Å². The summed E-state index contributed by atoms with van der Waals surface area (Å²) < 4.78 is 2.22. The van der Waals surface area contributed by atoms with Crippen LogP contribution in [-0.2, 0) is 6.54 Å². The van der Waals surface area contributed by atoms with E-state index in [-0.39, 0.29) is 1.43 Å². The number of nitrogens with zero attached hydrogens (tertiary/aromatic N) is 2. The van der Waals surface area contributed by atoms with E-state index in [0.29, 0.717) is 0 Å². The second-order valence-corrected chi connectivity index (χ2v) is 2.68. The molecule has 3 heteroatoms. The Kier molecular flexibility index (Phi) is 2.74. The lowest BCUT2D eigenvalue weighted by Crippen LogP contribution is -1.97. The molecule has 0 aromatic carbocycles. The fraction of sp³-hybridized carbons (Fsp3) is 0.667. The highest BCUT2D eigenvalue weighted by atomic mass is 15.3. The van der Waals surface area contributed by atoms with Gasteiger partial charge in [0.2, 0.25) is 5.95 Å². The van der Waals surface area contributed by atoms with Crippen molar-refractivity contribution >= 4 is 5.95 Å². The average Bonchev–Trinajstić information content (AvgIpc) is 2.62. The minimum Gasteiger partial charge on any atom is -0.354 e. The number of aromatic nitrogens is 2. The first kappa shape index (κ1) is 9.10. The van der Waals surface area contributed by atoms with Crippen LogP contribution in [0.4, 0.5) is 5.95 Å². The number of rotatable bonds is 0. The van der Waals surface area contributed by atoms with Gasteiger partial charge in [-0.05, 0) is 13.8 Å². The molecule has 0 saturated heterocycles. The van der Waals surface area contributed by atoms with E-state index in [1.54, 1.807) is 0 Å². The van der Waals surface area contributed by atoms with Crippen LogP contribution in [0.2, 0.25) is 0 Å². The van der Waals surface area contributed by atoms with Gasteiger partial charge in [0.25, 0.3) is 0 Å². The van der Waals surface area contributed by atoms with Crippen LogP contribution in [0.15, 0.2) is 0 Å². The predicted molar refractivity (Wildman–Crippen MR) is 53.7 cm³/mol. The van der Waals surface area contributed by atoms with Crippen molar-refractivity contribution in [3.8, 4) is 0 Å². The smallest absolute Gasteiger partial charge is 0.203 e. The molecular formula is C9H19N3. The van der Waals surface area contributed by atoms with Gasteiger partial charge in [-0.3, -0.25) is 0 Å². The molecule has 0 amide bonds. The summed E-state index contributed by atoms with van der Waals surface area (Å²) in [4.78, 5) is 4.34. The van der Waals surface area contributed by atoms with Gasteiger partial charge in [-0.2, -0.15) is 0 Å². The number of aryl methyl sites for hydroxylation is 1. The van der Waals surface area contributed by atoms with Crippen LogP contribution in [0.25, 0.3) is 0 Å². The molecule has 0 aliphatic carbocycles. The van der Waals surface area contributed by atoms with E-state index < -0.39 is 0 Å². The van der Waals surface area contributed by atoms with Crippen LogP contribution < -0.4 is 5.32 Å². The van der Waals surface area contributed by atoms with Crippen molar-refractivity contribution in [1.82, 2.24) is 9.55 Å². The molecule has 70 valence electrons. The number of nitrogens with one attached hydrogen (secondary N) is 1. The highest BCUT2D eigenvalue weighted by molar-refractivity contribution is 5.36. The zero-order valence-electron chi connectivity index (χ0n) is 8.31. The standard InChI is InChI=1S/C7H11N3.C2H6.H2/c1-5-6(2)10-4-3-8-7(10)9-5;1-2;/h3-4H2,1-2H3,(H,8,9);1-2H3;1H. The van der Waals surface area contributed by atoms with Gasteiger partial charge in [0.15, 0.2) is 0 Å². The van der Waals surface area contributed by atoms with Gasteiger partial charge in [0.1, 0.15) is 0 Å². The minimum absolute atomic E-state index is 0. The van der Waals surface area contributed by atoms with E-state index in [4.69, 9.17) is 0 Å². The summed E-state index contributed by atoms with van der Waals surface area (Å²) >= 11 is 0. The van der Waals surface area contributed by atoms with Crippen molar-refractivity contribution in [2.45, 2.75) is 34.2 Å². The van der Waals surface area contributed by atoms with Crippen molar-refractivity contribution < 1.29 is 1.43 Å². The maximum Gasteiger partial charge on any atom is 0.203 e. The minimum atomic E-state index is 0. The summed E-state index contributed by atoms with van der Waals surface area (Å²) in [5.74, 6) is 1.04. The highest BCUT2D eigenvalue weighted by Crippen LogP contribution is 2.17. The largest absolute Gasteiger partial charge is 0.354 e. The van der Waals surface area contributed by atoms with Gasteiger partial charge in [0.05, 0.1) is 5.69 Å². The molecule has 1 aliphatic rings. The number of hydrogen-bond acceptors (Lipinski definition) is 2. The van der Waals surface area contributed by atoms with Gasteiger partial charge in [-0.25, -0.2) is 4.98 Å². The Bertz CT molecular complexity index is 268. The molecule has 2 rings (SSSR count). The predicted octanol–water partition coefficient (Wildman–Crippen LogP) is 2.20. The fourth-order valence-electron chi connectivity index (χ4n) is 1.34. The molecular weight excluding hydrogens is 150 g/mol. The first-order valence-electron chi connectivity index (χ1n) is 4.56. The topological polar surface area (TPSA) is 29.9 Å². The number of anilines is 1. The van der Waals surface area contributed by atoms with Gasteiger partial charge in [-0.1, -0.05) is 13.8 Å². The lowest BCUT2D eigenvalue weighted by Gasteiger charge is -1.95. The Morgan fingerprint density at radius 3 is 2.67 bits per heavy atom. The first-order chi connectivity index (χ1) is 5.79. The summed E-state index contributed by atoms with van der Waals surface area (Å²) in [6.07, 6.45) is 0. The highest BCUT2D eigenvalue weighted by Gasteiger charge is 2.14. The Labute approximate surface area is 75.3 Å². The molecule has 12 heavy (non-hydrogen) atoms. The third-order valence-electron chi connectivity index (χ3n) is 2.08. The molecule has 0 fully saturated rings.